The van der Waals surface area contributed by atoms with Crippen LogP contribution in [-0.2, 0) is 6.54 Å². The van der Waals surface area contributed by atoms with Crippen LogP contribution in [0.1, 0.15) is 37.9 Å². The van der Waals surface area contributed by atoms with Gasteiger partial charge in [-0.25, -0.2) is 0 Å². The fourth-order valence-corrected chi connectivity index (χ4v) is 2.43. The molecular formula is C13H24N4O. The molecule has 1 fully saturated rings. The quantitative estimate of drug-likeness (QED) is 0.779. The van der Waals surface area contributed by atoms with Crippen molar-refractivity contribution in [1.29, 1.82) is 0 Å². The van der Waals surface area contributed by atoms with Crippen molar-refractivity contribution in [2.75, 3.05) is 26.2 Å². The molecule has 5 heteroatoms. The zero-order valence-corrected chi connectivity index (χ0v) is 11.5. The number of aromatic nitrogens is 2. The molecule has 1 aromatic rings. The second-order valence-corrected chi connectivity index (χ2v) is 5.16. The summed E-state index contributed by atoms with van der Waals surface area (Å²) in [5, 5.41) is 7.34. The fraction of sp³-hybridized carbons (Fsp3) is 0.846. The molecule has 1 aromatic heterocycles. The summed E-state index contributed by atoms with van der Waals surface area (Å²) in [5.41, 5.74) is 0. The van der Waals surface area contributed by atoms with Gasteiger partial charge in [0.15, 0.2) is 5.82 Å². The largest absolute Gasteiger partial charge is 0.338 e. The predicted octanol–water partition coefficient (Wildman–Crippen LogP) is 1.59. The van der Waals surface area contributed by atoms with Crippen LogP contribution < -0.4 is 5.32 Å². The van der Waals surface area contributed by atoms with E-state index >= 15 is 0 Å². The summed E-state index contributed by atoms with van der Waals surface area (Å²) in [6.07, 6.45) is 3.75. The van der Waals surface area contributed by atoms with E-state index in [4.69, 9.17) is 4.52 Å². The first-order valence-electron chi connectivity index (χ1n) is 7.00. The minimum atomic E-state index is 0.726. The van der Waals surface area contributed by atoms with Gasteiger partial charge in [0.1, 0.15) is 0 Å². The number of hydrogen-bond acceptors (Lipinski definition) is 5. The number of nitrogens with zero attached hydrogens (tertiary/aromatic N) is 3. The Morgan fingerprint density at radius 2 is 2.17 bits per heavy atom. The summed E-state index contributed by atoms with van der Waals surface area (Å²) >= 11 is 0. The van der Waals surface area contributed by atoms with Crippen molar-refractivity contribution in [3.63, 3.8) is 0 Å². The lowest BCUT2D eigenvalue weighted by Gasteiger charge is -2.31. The number of hydrogen-bond donors (Lipinski definition) is 1. The SMILES string of the molecule is CCCNCC1CCN(Cc2nc(C)no2)CC1. The van der Waals surface area contributed by atoms with Crippen LogP contribution in [0.4, 0.5) is 0 Å². The highest BCUT2D eigenvalue weighted by molar-refractivity contribution is 4.84. The first kappa shape index (κ1) is 13.5. The van der Waals surface area contributed by atoms with E-state index in [0.717, 1.165) is 43.8 Å². The number of nitrogens with one attached hydrogen (secondary N) is 1. The van der Waals surface area contributed by atoms with E-state index in [2.05, 4.69) is 27.3 Å². The number of likely N-dealkylation sites (tertiary alicyclic amines) is 1. The highest BCUT2D eigenvalue weighted by Crippen LogP contribution is 2.17. The number of rotatable bonds is 6. The maximum absolute atomic E-state index is 5.16. The molecule has 1 aliphatic rings. The Balaban J connectivity index is 1.67. The van der Waals surface area contributed by atoms with Crippen LogP contribution in [0.15, 0.2) is 4.52 Å². The molecule has 1 saturated heterocycles. The summed E-state index contributed by atoms with van der Waals surface area (Å²) in [7, 11) is 0. The molecule has 1 N–H and O–H groups in total. The van der Waals surface area contributed by atoms with Gasteiger partial charge in [0.05, 0.1) is 6.54 Å². The van der Waals surface area contributed by atoms with Crippen LogP contribution in [0.5, 0.6) is 0 Å². The van der Waals surface area contributed by atoms with Gasteiger partial charge >= 0.3 is 0 Å². The molecule has 102 valence electrons. The third-order valence-electron chi connectivity index (χ3n) is 3.50. The molecule has 2 rings (SSSR count). The molecule has 0 aromatic carbocycles. The summed E-state index contributed by atoms with van der Waals surface area (Å²) in [5.74, 6) is 2.30. The Hall–Kier alpha value is -0.940. The maximum atomic E-state index is 5.16. The molecule has 0 atom stereocenters. The predicted molar refractivity (Wildman–Crippen MR) is 70.2 cm³/mol. The second kappa shape index (κ2) is 6.85. The van der Waals surface area contributed by atoms with Crippen molar-refractivity contribution in [3.05, 3.63) is 11.7 Å². The fourth-order valence-electron chi connectivity index (χ4n) is 2.43. The van der Waals surface area contributed by atoms with E-state index in [1.54, 1.807) is 0 Å². The molecule has 2 heterocycles. The van der Waals surface area contributed by atoms with Crippen molar-refractivity contribution in [1.82, 2.24) is 20.4 Å². The van der Waals surface area contributed by atoms with Gasteiger partial charge in [-0.1, -0.05) is 12.1 Å². The van der Waals surface area contributed by atoms with Gasteiger partial charge in [0, 0.05) is 0 Å². The zero-order valence-electron chi connectivity index (χ0n) is 11.5. The highest BCUT2D eigenvalue weighted by Gasteiger charge is 2.20. The molecule has 0 spiro atoms. The molecule has 0 saturated carbocycles. The van der Waals surface area contributed by atoms with Crippen LogP contribution in [0, 0.1) is 12.8 Å². The minimum Gasteiger partial charge on any atom is -0.338 e. The number of aryl methyl sites for hydroxylation is 1. The van der Waals surface area contributed by atoms with E-state index in [1.165, 1.54) is 25.8 Å². The molecule has 0 radical (unpaired) electrons. The van der Waals surface area contributed by atoms with Crippen LogP contribution >= 0.6 is 0 Å². The van der Waals surface area contributed by atoms with Crippen molar-refractivity contribution in [2.24, 2.45) is 5.92 Å². The third-order valence-corrected chi connectivity index (χ3v) is 3.50. The molecule has 0 aliphatic carbocycles. The molecule has 5 nitrogen and oxygen atoms in total. The third kappa shape index (κ3) is 4.07. The van der Waals surface area contributed by atoms with E-state index in [9.17, 15) is 0 Å². The first-order valence-corrected chi connectivity index (χ1v) is 7.00. The Kier molecular flexibility index (Phi) is 5.13. The van der Waals surface area contributed by atoms with Crippen molar-refractivity contribution in [2.45, 2.75) is 39.7 Å². The topological polar surface area (TPSA) is 54.2 Å². The monoisotopic (exact) mass is 252 g/mol. The van der Waals surface area contributed by atoms with Gasteiger partial charge < -0.3 is 9.84 Å². The normalized spacial score (nSPS) is 18.3. The first-order chi connectivity index (χ1) is 8.78. The van der Waals surface area contributed by atoms with Crippen LogP contribution in [0.25, 0.3) is 0 Å². The molecule has 0 bridgehead atoms. The molecule has 0 amide bonds. The minimum absolute atomic E-state index is 0.726. The van der Waals surface area contributed by atoms with E-state index < -0.39 is 0 Å². The lowest BCUT2D eigenvalue weighted by Crippen LogP contribution is -2.37. The van der Waals surface area contributed by atoms with E-state index in [-0.39, 0.29) is 0 Å². The van der Waals surface area contributed by atoms with Gasteiger partial charge in [0.25, 0.3) is 0 Å². The second-order valence-electron chi connectivity index (χ2n) is 5.16. The summed E-state index contributed by atoms with van der Waals surface area (Å²) < 4.78 is 5.16. The van der Waals surface area contributed by atoms with Crippen molar-refractivity contribution < 1.29 is 4.52 Å². The number of piperidine rings is 1. The summed E-state index contributed by atoms with van der Waals surface area (Å²) in [4.78, 5) is 6.66. The summed E-state index contributed by atoms with van der Waals surface area (Å²) in [6, 6.07) is 0. The van der Waals surface area contributed by atoms with Crippen molar-refractivity contribution >= 4 is 0 Å². The van der Waals surface area contributed by atoms with Crippen molar-refractivity contribution in [3.8, 4) is 0 Å². The smallest absolute Gasteiger partial charge is 0.240 e. The van der Waals surface area contributed by atoms with Gasteiger partial charge in [-0.2, -0.15) is 4.98 Å². The molecule has 1 aliphatic heterocycles. The lowest BCUT2D eigenvalue weighted by molar-refractivity contribution is 0.158. The molecule has 0 unspecified atom stereocenters. The van der Waals surface area contributed by atoms with Gasteiger partial charge in [-0.3, -0.25) is 4.90 Å². The van der Waals surface area contributed by atoms with E-state index in [0.29, 0.717) is 0 Å². The van der Waals surface area contributed by atoms with E-state index in [1.807, 2.05) is 6.92 Å². The van der Waals surface area contributed by atoms with Gasteiger partial charge in [-0.05, 0) is 58.3 Å². The Morgan fingerprint density at radius 1 is 1.39 bits per heavy atom. The molecule has 18 heavy (non-hydrogen) atoms. The molecular weight excluding hydrogens is 228 g/mol. The lowest BCUT2D eigenvalue weighted by atomic mass is 9.97. The zero-order chi connectivity index (χ0) is 12.8. The van der Waals surface area contributed by atoms with Crippen LogP contribution in [0.3, 0.4) is 0 Å². The maximum Gasteiger partial charge on any atom is 0.240 e. The Morgan fingerprint density at radius 3 is 2.78 bits per heavy atom. The Labute approximate surface area is 109 Å². The average molecular weight is 252 g/mol. The summed E-state index contributed by atoms with van der Waals surface area (Å²) in [6.45, 7) is 9.46. The van der Waals surface area contributed by atoms with Crippen LogP contribution in [0.2, 0.25) is 0 Å². The highest BCUT2D eigenvalue weighted by atomic mass is 16.5. The van der Waals surface area contributed by atoms with Gasteiger partial charge in [-0.15, -0.1) is 0 Å². The van der Waals surface area contributed by atoms with Gasteiger partial charge in [0.2, 0.25) is 5.89 Å². The standard InChI is InChI=1S/C13H24N4O/c1-3-6-14-9-12-4-7-17(8-5-12)10-13-15-11(2)16-18-13/h12,14H,3-10H2,1-2H3. The average Bonchev–Trinajstić information content (AvgIpc) is 2.77. The van der Waals surface area contributed by atoms with Crippen LogP contribution in [-0.4, -0.2) is 41.2 Å². The Bertz CT molecular complexity index is 345.